The fourth-order valence-corrected chi connectivity index (χ4v) is 0.421. The molecule has 0 heterocycles. The predicted octanol–water partition coefficient (Wildman–Crippen LogP) is -0.700. The molecule has 0 aromatic rings. The summed E-state index contributed by atoms with van der Waals surface area (Å²) < 4.78 is 0. The summed E-state index contributed by atoms with van der Waals surface area (Å²) in [6.45, 7) is 0. The maximum absolute atomic E-state index is 10.2. The van der Waals surface area contributed by atoms with Crippen molar-refractivity contribution in [3.8, 4) is 0 Å². The van der Waals surface area contributed by atoms with E-state index in [-0.39, 0.29) is 20.3 Å². The first-order chi connectivity index (χ1) is 4.54. The van der Waals surface area contributed by atoms with Crippen molar-refractivity contribution in [1.82, 2.24) is 0 Å². The average molecular weight is 162 g/mol. The molecule has 5 heteroatoms. The minimum Gasteiger partial charge on any atom is -0.481 e. The van der Waals surface area contributed by atoms with Crippen molar-refractivity contribution >= 4 is 11.9 Å². The quantitative estimate of drug-likeness (QED) is 0.508. The molecular formula is C6H14N2O3. The van der Waals surface area contributed by atoms with Gasteiger partial charge in [0.25, 0.3) is 0 Å². The van der Waals surface area contributed by atoms with Gasteiger partial charge in [-0.25, -0.2) is 0 Å². The van der Waals surface area contributed by atoms with E-state index in [0.29, 0.717) is 0 Å². The van der Waals surface area contributed by atoms with Crippen molar-refractivity contribution in [2.75, 3.05) is 0 Å². The van der Waals surface area contributed by atoms with E-state index in [0.717, 1.165) is 0 Å². The third-order valence-electron chi connectivity index (χ3n) is 1.03. The van der Waals surface area contributed by atoms with Crippen LogP contribution in [0.1, 0.15) is 20.3 Å². The largest absolute Gasteiger partial charge is 0.481 e. The lowest BCUT2D eigenvalue weighted by Gasteiger charge is -2.02. The Morgan fingerprint density at radius 2 is 1.91 bits per heavy atom. The normalized spacial score (nSPS) is 11.4. The van der Waals surface area contributed by atoms with Crippen molar-refractivity contribution in [2.45, 2.75) is 26.3 Å². The maximum atomic E-state index is 10.2. The first-order valence-electron chi connectivity index (χ1n) is 2.80. The van der Waals surface area contributed by atoms with E-state index >= 15 is 0 Å². The summed E-state index contributed by atoms with van der Waals surface area (Å²) in [5.41, 5.74) is 9.89. The lowest BCUT2D eigenvalue weighted by molar-refractivity contribution is -0.137. The molecule has 11 heavy (non-hydrogen) atoms. The number of carboxylic acids is 1. The second-order valence-corrected chi connectivity index (χ2v) is 1.94. The molecule has 66 valence electrons. The molecule has 0 saturated carbocycles. The fourth-order valence-electron chi connectivity index (χ4n) is 0.421. The molecule has 0 aliphatic rings. The third-order valence-corrected chi connectivity index (χ3v) is 1.03. The van der Waals surface area contributed by atoms with E-state index in [1.165, 1.54) is 0 Å². The minimum absolute atomic E-state index is 0. The van der Waals surface area contributed by atoms with Crippen molar-refractivity contribution < 1.29 is 14.7 Å². The molecule has 0 aromatic heterocycles. The zero-order valence-electron chi connectivity index (χ0n) is 5.41. The summed E-state index contributed by atoms with van der Waals surface area (Å²) in [6.07, 6.45) is -0.0191. The van der Waals surface area contributed by atoms with Gasteiger partial charge < -0.3 is 16.6 Å². The number of amides is 1. The third kappa shape index (κ3) is 6.79. The Morgan fingerprint density at radius 3 is 2.18 bits per heavy atom. The van der Waals surface area contributed by atoms with E-state index in [4.69, 9.17) is 16.6 Å². The van der Waals surface area contributed by atoms with Gasteiger partial charge in [-0.3, -0.25) is 9.59 Å². The summed E-state index contributed by atoms with van der Waals surface area (Å²) in [7, 11) is 0. The standard InChI is InChI=1S/C5H10N2O3.CH4/c6-3(5(7)10)1-2-4(8)9;/h3H,1-2,6H2,(H2,7,10)(H,8,9);1H4/t3-;/m0./s1. The van der Waals surface area contributed by atoms with E-state index in [1.54, 1.807) is 0 Å². The molecule has 1 amide bonds. The van der Waals surface area contributed by atoms with Crippen LogP contribution >= 0.6 is 0 Å². The van der Waals surface area contributed by atoms with Crippen LogP contribution in [0.5, 0.6) is 0 Å². The molecule has 0 radical (unpaired) electrons. The second kappa shape index (κ2) is 5.67. The number of carbonyl (C=O) groups is 2. The lowest BCUT2D eigenvalue weighted by atomic mass is 10.1. The van der Waals surface area contributed by atoms with Gasteiger partial charge in [-0.1, -0.05) is 7.43 Å². The number of hydrogen-bond acceptors (Lipinski definition) is 3. The highest BCUT2D eigenvalue weighted by Crippen LogP contribution is 1.92. The van der Waals surface area contributed by atoms with Gasteiger partial charge in [0.2, 0.25) is 5.91 Å². The van der Waals surface area contributed by atoms with Gasteiger partial charge >= 0.3 is 5.97 Å². The summed E-state index contributed by atoms with van der Waals surface area (Å²) in [6, 6.07) is -0.837. The van der Waals surface area contributed by atoms with Gasteiger partial charge in [0.15, 0.2) is 0 Å². The van der Waals surface area contributed by atoms with E-state index < -0.39 is 17.9 Å². The highest BCUT2D eigenvalue weighted by Gasteiger charge is 2.10. The molecule has 0 aliphatic heterocycles. The highest BCUT2D eigenvalue weighted by molar-refractivity contribution is 5.80. The Kier molecular flexibility index (Phi) is 6.47. The lowest BCUT2D eigenvalue weighted by Crippen LogP contribution is -2.36. The SMILES string of the molecule is C.NC(=O)[C@@H](N)CCC(=O)O. The van der Waals surface area contributed by atoms with Crippen LogP contribution in [0.15, 0.2) is 0 Å². The van der Waals surface area contributed by atoms with Crippen LogP contribution in [-0.2, 0) is 9.59 Å². The molecule has 0 saturated heterocycles. The Hall–Kier alpha value is -1.10. The van der Waals surface area contributed by atoms with Crippen LogP contribution in [0.2, 0.25) is 0 Å². The van der Waals surface area contributed by atoms with Gasteiger partial charge in [0, 0.05) is 6.42 Å². The summed E-state index contributed by atoms with van der Waals surface area (Å²) in [5, 5.41) is 8.14. The van der Waals surface area contributed by atoms with Gasteiger partial charge in [-0.15, -0.1) is 0 Å². The molecule has 0 fully saturated rings. The van der Waals surface area contributed by atoms with E-state index in [1.807, 2.05) is 0 Å². The number of rotatable bonds is 4. The number of carbonyl (C=O) groups excluding carboxylic acids is 1. The van der Waals surface area contributed by atoms with Gasteiger partial charge in [-0.05, 0) is 6.42 Å². The number of aliphatic carboxylic acids is 1. The minimum atomic E-state index is -0.975. The summed E-state index contributed by atoms with van der Waals surface area (Å²) in [4.78, 5) is 20.1. The van der Waals surface area contributed by atoms with Crippen LogP contribution in [0.3, 0.4) is 0 Å². The Labute approximate surface area is 65.4 Å². The van der Waals surface area contributed by atoms with Gasteiger partial charge in [0.05, 0.1) is 6.04 Å². The number of hydrogen-bond donors (Lipinski definition) is 3. The van der Waals surface area contributed by atoms with Gasteiger partial charge in [0.1, 0.15) is 0 Å². The first kappa shape index (κ1) is 12.6. The Bertz CT molecular complexity index is 147. The van der Waals surface area contributed by atoms with Crippen molar-refractivity contribution in [1.29, 1.82) is 0 Å². The monoisotopic (exact) mass is 162 g/mol. The maximum Gasteiger partial charge on any atom is 0.303 e. The van der Waals surface area contributed by atoms with Crippen LogP contribution in [0.25, 0.3) is 0 Å². The Morgan fingerprint density at radius 1 is 1.45 bits per heavy atom. The smallest absolute Gasteiger partial charge is 0.303 e. The molecule has 0 spiro atoms. The first-order valence-corrected chi connectivity index (χ1v) is 2.80. The van der Waals surface area contributed by atoms with Crippen molar-refractivity contribution in [3.05, 3.63) is 0 Å². The molecule has 0 bridgehead atoms. The van der Waals surface area contributed by atoms with E-state index in [2.05, 4.69) is 0 Å². The molecule has 0 rings (SSSR count). The topological polar surface area (TPSA) is 106 Å². The van der Waals surface area contributed by atoms with Crippen LogP contribution in [0, 0.1) is 0 Å². The summed E-state index contributed by atoms with van der Waals surface area (Å²) in [5.74, 6) is -1.64. The Balaban J connectivity index is 0. The molecule has 5 N–H and O–H groups in total. The number of carboxylic acid groups (broad SMARTS) is 1. The highest BCUT2D eigenvalue weighted by atomic mass is 16.4. The van der Waals surface area contributed by atoms with Crippen molar-refractivity contribution in [3.63, 3.8) is 0 Å². The molecule has 1 atom stereocenters. The molecule has 0 aromatic carbocycles. The zero-order chi connectivity index (χ0) is 8.15. The van der Waals surface area contributed by atoms with Crippen molar-refractivity contribution in [2.24, 2.45) is 11.5 Å². The molecule has 0 unspecified atom stereocenters. The number of primary amides is 1. The predicted molar refractivity (Wildman–Crippen MR) is 40.8 cm³/mol. The van der Waals surface area contributed by atoms with Gasteiger partial charge in [-0.2, -0.15) is 0 Å². The van der Waals surface area contributed by atoms with Crippen LogP contribution in [0.4, 0.5) is 0 Å². The molecule has 5 nitrogen and oxygen atoms in total. The fraction of sp³-hybridized carbons (Fsp3) is 0.667. The van der Waals surface area contributed by atoms with Crippen LogP contribution in [-0.4, -0.2) is 23.0 Å². The van der Waals surface area contributed by atoms with E-state index in [9.17, 15) is 9.59 Å². The second-order valence-electron chi connectivity index (χ2n) is 1.94. The molecular weight excluding hydrogens is 148 g/mol. The zero-order valence-corrected chi connectivity index (χ0v) is 5.41. The van der Waals surface area contributed by atoms with Crippen LogP contribution < -0.4 is 11.5 Å². The molecule has 0 aliphatic carbocycles. The summed E-state index contributed by atoms with van der Waals surface area (Å²) >= 11 is 0. The average Bonchev–Trinajstić information content (AvgIpc) is 1.82. The number of nitrogens with two attached hydrogens (primary N) is 2.